The van der Waals surface area contributed by atoms with E-state index in [2.05, 4.69) is 0 Å². The van der Waals surface area contributed by atoms with E-state index in [0.717, 1.165) is 11.3 Å². The third-order valence-corrected chi connectivity index (χ3v) is 5.10. The Morgan fingerprint density at radius 2 is 1.95 bits per heavy atom. The molecule has 1 aromatic carbocycles. The number of benzene rings is 1. The van der Waals surface area contributed by atoms with Crippen LogP contribution in [0.2, 0.25) is 0 Å². The lowest BCUT2D eigenvalue weighted by Gasteiger charge is -2.10. The summed E-state index contributed by atoms with van der Waals surface area (Å²) in [7, 11) is -2.50. The third-order valence-electron chi connectivity index (χ3n) is 2.51. The predicted octanol–water partition coefficient (Wildman–Crippen LogP) is 2.73. The number of hydrogen-bond acceptors (Lipinski definition) is 6. The molecule has 5 nitrogen and oxygen atoms in total. The van der Waals surface area contributed by atoms with Crippen molar-refractivity contribution in [2.75, 3.05) is 7.11 Å². The van der Waals surface area contributed by atoms with E-state index >= 15 is 0 Å². The quantitative estimate of drug-likeness (QED) is 0.627. The largest absolute Gasteiger partial charge is 0.493 e. The van der Waals surface area contributed by atoms with Gasteiger partial charge in [0, 0.05) is 5.56 Å². The molecule has 2 rings (SSSR count). The summed E-state index contributed by atoms with van der Waals surface area (Å²) in [6.45, 7) is 1.41. The number of thiophene rings is 1. The molecule has 0 bridgehead atoms. The van der Waals surface area contributed by atoms with Crippen LogP contribution in [0.4, 0.5) is 0 Å². The van der Waals surface area contributed by atoms with Gasteiger partial charge in [-0.25, -0.2) is 0 Å². The Morgan fingerprint density at radius 3 is 2.50 bits per heavy atom. The number of hydrogen-bond donors (Lipinski definition) is 0. The van der Waals surface area contributed by atoms with Crippen LogP contribution in [0.25, 0.3) is 0 Å². The molecule has 0 unspecified atom stereocenters. The van der Waals surface area contributed by atoms with Crippen LogP contribution in [0.5, 0.6) is 11.5 Å². The maximum absolute atomic E-state index is 12.0. The molecule has 0 aliphatic carbocycles. The van der Waals surface area contributed by atoms with E-state index in [1.807, 2.05) is 0 Å². The first-order valence-corrected chi connectivity index (χ1v) is 7.90. The molecule has 0 aliphatic rings. The van der Waals surface area contributed by atoms with Gasteiger partial charge in [0.2, 0.25) is 0 Å². The summed E-state index contributed by atoms with van der Waals surface area (Å²) in [6, 6.07) is 7.42. The minimum atomic E-state index is -3.88. The summed E-state index contributed by atoms with van der Waals surface area (Å²) in [5.41, 5.74) is 0.419. The van der Waals surface area contributed by atoms with Crippen molar-refractivity contribution < 1.29 is 22.1 Å². The highest BCUT2D eigenvalue weighted by Gasteiger charge is 2.20. The summed E-state index contributed by atoms with van der Waals surface area (Å²) in [5, 5.41) is 1.65. The maximum atomic E-state index is 12.0. The van der Waals surface area contributed by atoms with E-state index in [0.29, 0.717) is 5.56 Å². The molecule has 0 amide bonds. The van der Waals surface area contributed by atoms with E-state index in [9.17, 15) is 13.2 Å². The smallest absolute Gasteiger partial charge is 0.348 e. The van der Waals surface area contributed by atoms with Crippen molar-refractivity contribution in [3.8, 4) is 11.5 Å². The van der Waals surface area contributed by atoms with E-state index in [4.69, 9.17) is 8.92 Å². The SMILES string of the molecule is COc1cc(C(C)=O)ccc1OS(=O)(=O)c1cccs1. The first kappa shape index (κ1) is 14.5. The van der Waals surface area contributed by atoms with Crippen LogP contribution in [-0.2, 0) is 10.1 Å². The summed E-state index contributed by atoms with van der Waals surface area (Å²) in [5.74, 6) is 0.0969. The molecule has 7 heteroatoms. The van der Waals surface area contributed by atoms with Crippen LogP contribution in [0.15, 0.2) is 39.9 Å². The maximum Gasteiger partial charge on any atom is 0.348 e. The van der Waals surface area contributed by atoms with Gasteiger partial charge < -0.3 is 8.92 Å². The van der Waals surface area contributed by atoms with Crippen molar-refractivity contribution in [3.63, 3.8) is 0 Å². The Balaban J connectivity index is 2.37. The molecule has 20 heavy (non-hydrogen) atoms. The van der Waals surface area contributed by atoms with Crippen molar-refractivity contribution >= 4 is 27.2 Å². The fourth-order valence-corrected chi connectivity index (χ4v) is 3.41. The van der Waals surface area contributed by atoms with E-state index in [1.165, 1.54) is 38.3 Å². The van der Waals surface area contributed by atoms with Gasteiger partial charge in [-0.05, 0) is 36.6 Å². The van der Waals surface area contributed by atoms with Crippen LogP contribution in [0.3, 0.4) is 0 Å². The second-order valence-corrected chi connectivity index (χ2v) is 6.61. The standard InChI is InChI=1S/C13H12O5S2/c1-9(14)10-5-6-11(12(8-10)17-2)18-20(15,16)13-4-3-7-19-13/h3-8H,1-2H3. The fraction of sp³-hybridized carbons (Fsp3) is 0.154. The second-order valence-electron chi connectivity index (χ2n) is 3.89. The van der Waals surface area contributed by atoms with Gasteiger partial charge in [0.1, 0.15) is 0 Å². The molecule has 0 fully saturated rings. The van der Waals surface area contributed by atoms with Gasteiger partial charge in [-0.15, -0.1) is 11.3 Å². The molecule has 0 saturated heterocycles. The Hall–Kier alpha value is -1.86. The molecule has 0 aliphatic heterocycles. The molecule has 0 atom stereocenters. The highest BCUT2D eigenvalue weighted by Crippen LogP contribution is 2.31. The number of ketones is 1. The molecule has 0 spiro atoms. The number of ether oxygens (including phenoxy) is 1. The third kappa shape index (κ3) is 3.00. The van der Waals surface area contributed by atoms with Crippen LogP contribution in [0.1, 0.15) is 17.3 Å². The van der Waals surface area contributed by atoms with E-state index in [-0.39, 0.29) is 21.5 Å². The van der Waals surface area contributed by atoms with Crippen LogP contribution in [-0.4, -0.2) is 21.3 Å². The summed E-state index contributed by atoms with van der Waals surface area (Å²) in [4.78, 5) is 11.3. The van der Waals surface area contributed by atoms with Crippen molar-refractivity contribution in [3.05, 3.63) is 41.3 Å². The molecule has 106 valence electrons. The van der Waals surface area contributed by atoms with Gasteiger partial charge >= 0.3 is 10.1 Å². The number of carbonyl (C=O) groups excluding carboxylic acids is 1. The van der Waals surface area contributed by atoms with E-state index < -0.39 is 10.1 Å². The Bertz CT molecular complexity index is 717. The topological polar surface area (TPSA) is 69.7 Å². The van der Waals surface area contributed by atoms with Gasteiger partial charge in [0.25, 0.3) is 0 Å². The van der Waals surface area contributed by atoms with Crippen molar-refractivity contribution in [1.82, 2.24) is 0 Å². The summed E-state index contributed by atoms with van der Waals surface area (Å²) < 4.78 is 34.2. The first-order chi connectivity index (χ1) is 9.44. The monoisotopic (exact) mass is 312 g/mol. The van der Waals surface area contributed by atoms with Crippen LogP contribution in [0, 0.1) is 0 Å². The molecular weight excluding hydrogens is 300 g/mol. The number of rotatable bonds is 5. The fourth-order valence-electron chi connectivity index (χ4n) is 1.52. The Labute approximate surface area is 120 Å². The predicted molar refractivity (Wildman–Crippen MR) is 75.1 cm³/mol. The van der Waals surface area contributed by atoms with Crippen molar-refractivity contribution in [1.29, 1.82) is 0 Å². The molecule has 0 saturated carbocycles. The molecule has 1 aromatic heterocycles. The zero-order chi connectivity index (χ0) is 14.8. The lowest BCUT2D eigenvalue weighted by Crippen LogP contribution is -2.09. The highest BCUT2D eigenvalue weighted by atomic mass is 32.3. The average Bonchev–Trinajstić information content (AvgIpc) is 2.93. The molecule has 0 N–H and O–H groups in total. The number of carbonyl (C=O) groups is 1. The Kier molecular flexibility index (Phi) is 4.10. The zero-order valence-electron chi connectivity index (χ0n) is 10.8. The molecule has 2 aromatic rings. The van der Waals surface area contributed by atoms with Gasteiger partial charge in [0.05, 0.1) is 7.11 Å². The molecular formula is C13H12O5S2. The van der Waals surface area contributed by atoms with Crippen molar-refractivity contribution in [2.45, 2.75) is 11.1 Å². The normalized spacial score (nSPS) is 11.1. The van der Waals surface area contributed by atoms with Gasteiger partial charge in [0.15, 0.2) is 21.5 Å². The van der Waals surface area contributed by atoms with Crippen LogP contribution < -0.4 is 8.92 Å². The van der Waals surface area contributed by atoms with Gasteiger partial charge in [-0.3, -0.25) is 4.79 Å². The number of Topliss-reactive ketones (excluding diaryl/α,β-unsaturated/α-hetero) is 1. The summed E-state index contributed by atoms with van der Waals surface area (Å²) in [6.07, 6.45) is 0. The lowest BCUT2D eigenvalue weighted by molar-refractivity contribution is 0.101. The second kappa shape index (κ2) is 5.64. The molecule has 0 radical (unpaired) electrons. The lowest BCUT2D eigenvalue weighted by atomic mass is 10.1. The van der Waals surface area contributed by atoms with Crippen molar-refractivity contribution in [2.24, 2.45) is 0 Å². The summed E-state index contributed by atoms with van der Waals surface area (Å²) >= 11 is 1.06. The first-order valence-electron chi connectivity index (χ1n) is 5.61. The average molecular weight is 312 g/mol. The minimum Gasteiger partial charge on any atom is -0.493 e. The van der Waals surface area contributed by atoms with Gasteiger partial charge in [-0.1, -0.05) is 6.07 Å². The zero-order valence-corrected chi connectivity index (χ0v) is 12.5. The minimum absolute atomic E-state index is 0.0471. The molecule has 1 heterocycles. The van der Waals surface area contributed by atoms with E-state index in [1.54, 1.807) is 11.4 Å². The Morgan fingerprint density at radius 1 is 1.20 bits per heavy atom. The van der Waals surface area contributed by atoms with Gasteiger partial charge in [-0.2, -0.15) is 8.42 Å². The highest BCUT2D eigenvalue weighted by molar-refractivity contribution is 7.89. The van der Waals surface area contributed by atoms with Crippen LogP contribution >= 0.6 is 11.3 Å². The number of methoxy groups -OCH3 is 1.